The molecular formula is C20H18F4O. The summed E-state index contributed by atoms with van der Waals surface area (Å²) in [6.07, 6.45) is 0.287. The summed E-state index contributed by atoms with van der Waals surface area (Å²) in [5, 5.41) is 0. The predicted molar refractivity (Wildman–Crippen MR) is 89.7 cm³/mol. The molecule has 0 radical (unpaired) electrons. The lowest BCUT2D eigenvalue weighted by Gasteiger charge is -2.19. The molecule has 0 spiro atoms. The van der Waals surface area contributed by atoms with Crippen molar-refractivity contribution < 1.29 is 22.3 Å². The van der Waals surface area contributed by atoms with Crippen LogP contribution in [0.3, 0.4) is 0 Å². The molecule has 0 unspecified atom stereocenters. The molecule has 0 heterocycles. The Hall–Kier alpha value is -2.30. The van der Waals surface area contributed by atoms with Crippen LogP contribution in [0.2, 0.25) is 0 Å². The van der Waals surface area contributed by atoms with Crippen LogP contribution in [0.15, 0.2) is 36.4 Å². The average Bonchev–Trinajstić information content (AvgIpc) is 2.55. The molecule has 0 saturated heterocycles. The van der Waals surface area contributed by atoms with Crippen LogP contribution in [0.5, 0.6) is 5.75 Å². The zero-order valence-corrected chi connectivity index (χ0v) is 13.8. The van der Waals surface area contributed by atoms with Crippen LogP contribution in [0, 0.1) is 5.82 Å². The fourth-order valence-electron chi connectivity index (χ4n) is 3.10. The van der Waals surface area contributed by atoms with Crippen molar-refractivity contribution in [1.29, 1.82) is 0 Å². The zero-order valence-electron chi connectivity index (χ0n) is 13.8. The Kier molecular flexibility index (Phi) is 4.84. The van der Waals surface area contributed by atoms with E-state index in [1.54, 1.807) is 0 Å². The fraction of sp³-hybridized carbons (Fsp3) is 0.300. The molecule has 2 aromatic rings. The Morgan fingerprint density at radius 3 is 2.40 bits per heavy atom. The van der Waals surface area contributed by atoms with E-state index in [1.165, 1.54) is 5.56 Å². The van der Waals surface area contributed by atoms with E-state index in [-0.39, 0.29) is 0 Å². The largest absolute Gasteiger partial charge is 0.573 e. The molecule has 0 aliphatic heterocycles. The molecule has 25 heavy (non-hydrogen) atoms. The van der Waals surface area contributed by atoms with Crippen molar-refractivity contribution in [1.82, 2.24) is 0 Å². The molecule has 1 aliphatic rings. The summed E-state index contributed by atoms with van der Waals surface area (Å²) in [5.74, 6) is -1.78. The van der Waals surface area contributed by atoms with Crippen LogP contribution in [0.4, 0.5) is 17.6 Å². The molecule has 0 atom stereocenters. The number of fused-ring (bicyclic) bond motifs is 1. The van der Waals surface area contributed by atoms with Gasteiger partial charge in [0.05, 0.1) is 0 Å². The number of benzene rings is 2. The highest BCUT2D eigenvalue weighted by atomic mass is 19.4. The molecule has 0 amide bonds. The molecule has 0 N–H and O–H groups in total. The molecule has 0 aromatic heterocycles. The number of hydrogen-bond acceptors (Lipinski definition) is 1. The van der Waals surface area contributed by atoms with E-state index >= 15 is 0 Å². The maximum absolute atomic E-state index is 13.9. The van der Waals surface area contributed by atoms with Gasteiger partial charge in [-0.3, -0.25) is 0 Å². The van der Waals surface area contributed by atoms with Crippen molar-refractivity contribution in [2.75, 3.05) is 0 Å². The van der Waals surface area contributed by atoms with Crippen LogP contribution >= 0.6 is 0 Å². The minimum Gasteiger partial charge on any atom is -0.403 e. The van der Waals surface area contributed by atoms with Gasteiger partial charge in [-0.1, -0.05) is 43.7 Å². The van der Waals surface area contributed by atoms with Crippen molar-refractivity contribution in [3.8, 4) is 5.75 Å². The first-order valence-corrected chi connectivity index (χ1v) is 8.24. The van der Waals surface area contributed by atoms with Crippen molar-refractivity contribution in [3.63, 3.8) is 0 Å². The Balaban J connectivity index is 1.88. The second-order valence-corrected chi connectivity index (χ2v) is 6.15. The number of allylic oxidation sites excluding steroid dienone is 1. The van der Waals surface area contributed by atoms with E-state index in [9.17, 15) is 17.6 Å². The summed E-state index contributed by atoms with van der Waals surface area (Å²) < 4.78 is 54.6. The van der Waals surface area contributed by atoms with Gasteiger partial charge in [-0.2, -0.15) is 0 Å². The third kappa shape index (κ3) is 4.21. The molecule has 132 valence electrons. The maximum Gasteiger partial charge on any atom is 0.573 e. The third-order valence-corrected chi connectivity index (χ3v) is 4.28. The van der Waals surface area contributed by atoms with Crippen LogP contribution in [0.1, 0.15) is 42.0 Å². The fourth-order valence-corrected chi connectivity index (χ4v) is 3.10. The summed E-state index contributed by atoms with van der Waals surface area (Å²) in [4.78, 5) is 0. The quantitative estimate of drug-likeness (QED) is 0.600. The maximum atomic E-state index is 13.9. The highest BCUT2D eigenvalue weighted by Crippen LogP contribution is 2.35. The SMILES string of the molecule is CCCc1ccc(C2=Cc3cc(F)c(OC(F)(F)F)cc3CC2)cc1. The number of halogens is 4. The first-order valence-electron chi connectivity index (χ1n) is 8.24. The molecule has 1 nitrogen and oxygen atoms in total. The topological polar surface area (TPSA) is 9.23 Å². The highest BCUT2D eigenvalue weighted by molar-refractivity contribution is 5.84. The van der Waals surface area contributed by atoms with Crippen LogP contribution in [-0.4, -0.2) is 6.36 Å². The van der Waals surface area contributed by atoms with Gasteiger partial charge in [0.15, 0.2) is 11.6 Å². The van der Waals surface area contributed by atoms with Gasteiger partial charge in [0, 0.05) is 0 Å². The van der Waals surface area contributed by atoms with Crippen molar-refractivity contribution in [2.45, 2.75) is 39.0 Å². The Morgan fingerprint density at radius 2 is 1.76 bits per heavy atom. The third-order valence-electron chi connectivity index (χ3n) is 4.28. The second-order valence-electron chi connectivity index (χ2n) is 6.15. The molecule has 0 saturated carbocycles. The summed E-state index contributed by atoms with van der Waals surface area (Å²) in [6, 6.07) is 10.5. The van der Waals surface area contributed by atoms with E-state index < -0.39 is 17.9 Å². The zero-order chi connectivity index (χ0) is 18.0. The van der Waals surface area contributed by atoms with E-state index in [4.69, 9.17) is 0 Å². The standard InChI is InChI=1S/C20H18F4O/c1-2-3-13-4-6-14(7-5-13)15-8-9-16-12-19(25-20(22,23)24)18(21)11-17(16)10-15/h4-7,10-12H,2-3,8-9H2,1H3. The van der Waals surface area contributed by atoms with Gasteiger partial charge in [-0.15, -0.1) is 13.2 Å². The highest BCUT2D eigenvalue weighted by Gasteiger charge is 2.33. The molecule has 3 rings (SSSR count). The number of rotatable bonds is 4. The van der Waals surface area contributed by atoms with E-state index in [2.05, 4.69) is 23.8 Å². The van der Waals surface area contributed by atoms with Gasteiger partial charge in [0.2, 0.25) is 0 Å². The molecule has 1 aliphatic carbocycles. The summed E-state index contributed by atoms with van der Waals surface area (Å²) in [6.45, 7) is 2.12. The smallest absolute Gasteiger partial charge is 0.403 e. The number of ether oxygens (including phenoxy) is 1. The van der Waals surface area contributed by atoms with E-state index in [0.717, 1.165) is 36.1 Å². The van der Waals surface area contributed by atoms with Crippen LogP contribution in [0.25, 0.3) is 11.6 Å². The van der Waals surface area contributed by atoms with Crippen LogP contribution in [-0.2, 0) is 12.8 Å². The van der Waals surface area contributed by atoms with E-state index in [0.29, 0.717) is 24.0 Å². The summed E-state index contributed by atoms with van der Waals surface area (Å²) >= 11 is 0. The van der Waals surface area contributed by atoms with Crippen LogP contribution < -0.4 is 4.74 Å². The average molecular weight is 350 g/mol. The van der Waals surface area contributed by atoms with Gasteiger partial charge in [-0.25, -0.2) is 4.39 Å². The van der Waals surface area contributed by atoms with Crippen molar-refractivity contribution >= 4 is 11.6 Å². The molecule has 0 fully saturated rings. The predicted octanol–water partition coefficient (Wildman–Crippen LogP) is 6.16. The summed E-state index contributed by atoms with van der Waals surface area (Å²) in [7, 11) is 0. The lowest BCUT2D eigenvalue weighted by atomic mass is 9.88. The number of alkyl halides is 3. The minimum atomic E-state index is -4.90. The minimum absolute atomic E-state index is 0.548. The van der Waals surface area contributed by atoms with Gasteiger partial charge in [-0.05, 0) is 59.2 Å². The lowest BCUT2D eigenvalue weighted by Crippen LogP contribution is -2.18. The first kappa shape index (κ1) is 17.5. The van der Waals surface area contributed by atoms with Gasteiger partial charge in [0.1, 0.15) is 0 Å². The Labute approximate surface area is 143 Å². The second kappa shape index (κ2) is 6.90. The lowest BCUT2D eigenvalue weighted by molar-refractivity contribution is -0.275. The molecule has 5 heteroatoms. The summed E-state index contributed by atoms with van der Waals surface area (Å²) in [5.41, 5.74) is 4.64. The van der Waals surface area contributed by atoms with Crippen molar-refractivity contribution in [2.24, 2.45) is 0 Å². The van der Waals surface area contributed by atoms with E-state index in [1.807, 2.05) is 18.2 Å². The number of hydrogen-bond donors (Lipinski definition) is 0. The number of aryl methyl sites for hydroxylation is 2. The van der Waals surface area contributed by atoms with Gasteiger partial charge in [0.25, 0.3) is 0 Å². The normalized spacial score (nSPS) is 14.0. The van der Waals surface area contributed by atoms with Crippen molar-refractivity contribution in [3.05, 3.63) is 64.5 Å². The molecule has 0 bridgehead atoms. The monoisotopic (exact) mass is 350 g/mol. The Bertz CT molecular complexity index is 789. The van der Waals surface area contributed by atoms with Gasteiger partial charge < -0.3 is 4.74 Å². The molecular weight excluding hydrogens is 332 g/mol. The Morgan fingerprint density at radius 1 is 1.04 bits per heavy atom. The molecule has 2 aromatic carbocycles. The van der Waals surface area contributed by atoms with Gasteiger partial charge >= 0.3 is 6.36 Å². The first-order chi connectivity index (χ1) is 11.9.